The van der Waals surface area contributed by atoms with Gasteiger partial charge in [0.05, 0.1) is 11.1 Å². The van der Waals surface area contributed by atoms with Crippen LogP contribution in [0, 0.1) is 6.92 Å². The van der Waals surface area contributed by atoms with E-state index in [-0.39, 0.29) is 11.9 Å². The summed E-state index contributed by atoms with van der Waals surface area (Å²) in [6, 6.07) is 7.81. The summed E-state index contributed by atoms with van der Waals surface area (Å²) >= 11 is 10.9. The van der Waals surface area contributed by atoms with Crippen LogP contribution in [0.2, 0.25) is 5.02 Å². The third-order valence-corrected chi connectivity index (χ3v) is 4.99. The highest BCUT2D eigenvalue weighted by atomic mass is 79.9. The molecule has 1 heterocycles. The predicted molar refractivity (Wildman–Crippen MR) is 84.1 cm³/mol. The summed E-state index contributed by atoms with van der Waals surface area (Å²) in [5, 5.41) is 5.40. The Labute approximate surface area is 129 Å². The molecule has 0 aliphatic carbocycles. The molecule has 1 atom stereocenters. The van der Waals surface area contributed by atoms with E-state index in [4.69, 9.17) is 11.6 Å². The van der Waals surface area contributed by atoms with Crippen molar-refractivity contribution >= 4 is 44.8 Å². The lowest BCUT2D eigenvalue weighted by Crippen LogP contribution is -2.26. The van der Waals surface area contributed by atoms with Crippen molar-refractivity contribution in [2.45, 2.75) is 19.9 Å². The largest absolute Gasteiger partial charge is 0.345 e. The fourth-order valence-electron chi connectivity index (χ4n) is 1.70. The van der Waals surface area contributed by atoms with Crippen LogP contribution in [0.3, 0.4) is 0 Å². The molecule has 0 spiro atoms. The van der Waals surface area contributed by atoms with E-state index in [2.05, 4.69) is 21.2 Å². The Hall–Kier alpha value is -0.840. The number of nitrogens with one attached hydrogen (secondary N) is 1. The van der Waals surface area contributed by atoms with Crippen molar-refractivity contribution in [2.24, 2.45) is 0 Å². The van der Waals surface area contributed by atoms with Gasteiger partial charge in [-0.25, -0.2) is 0 Å². The van der Waals surface area contributed by atoms with E-state index in [0.717, 1.165) is 15.6 Å². The maximum atomic E-state index is 12.2. The number of rotatable bonds is 3. The lowest BCUT2D eigenvalue weighted by atomic mass is 10.1. The van der Waals surface area contributed by atoms with Gasteiger partial charge in [-0.2, -0.15) is 0 Å². The number of carbonyl (C=O) groups is 1. The normalized spacial score (nSPS) is 12.2. The SMILES string of the molecule is Cc1csc(C(=O)NC(C)c2cccc(Br)c2)c1Cl. The fourth-order valence-corrected chi connectivity index (χ4v) is 3.30. The second kappa shape index (κ2) is 6.07. The van der Waals surface area contributed by atoms with Gasteiger partial charge in [-0.3, -0.25) is 4.79 Å². The van der Waals surface area contributed by atoms with Gasteiger partial charge in [-0.1, -0.05) is 39.7 Å². The molecule has 5 heteroatoms. The Balaban J connectivity index is 2.13. The van der Waals surface area contributed by atoms with Crippen LogP contribution >= 0.6 is 38.9 Å². The standard InChI is InChI=1S/C14H13BrClNOS/c1-8-7-19-13(12(8)16)14(18)17-9(2)10-4-3-5-11(15)6-10/h3-7,9H,1-2H3,(H,17,18). The lowest BCUT2D eigenvalue weighted by molar-refractivity contribution is 0.0944. The fraction of sp³-hybridized carbons (Fsp3) is 0.214. The summed E-state index contributed by atoms with van der Waals surface area (Å²) in [6.07, 6.45) is 0. The highest BCUT2D eigenvalue weighted by Gasteiger charge is 2.17. The van der Waals surface area contributed by atoms with Crippen LogP contribution in [-0.2, 0) is 0 Å². The van der Waals surface area contributed by atoms with E-state index in [9.17, 15) is 4.79 Å². The molecular formula is C14H13BrClNOS. The zero-order valence-corrected chi connectivity index (χ0v) is 13.7. The third-order valence-electron chi connectivity index (χ3n) is 2.80. The maximum Gasteiger partial charge on any atom is 0.263 e. The van der Waals surface area contributed by atoms with Crippen molar-refractivity contribution in [1.29, 1.82) is 0 Å². The average Bonchev–Trinajstić information content (AvgIpc) is 2.70. The minimum absolute atomic E-state index is 0.0662. The first kappa shape index (κ1) is 14.6. The van der Waals surface area contributed by atoms with Gasteiger partial charge in [0, 0.05) is 4.47 Å². The van der Waals surface area contributed by atoms with Crippen LogP contribution in [-0.4, -0.2) is 5.91 Å². The monoisotopic (exact) mass is 357 g/mol. The van der Waals surface area contributed by atoms with Crippen LogP contribution in [0.25, 0.3) is 0 Å². The van der Waals surface area contributed by atoms with E-state index < -0.39 is 0 Å². The molecule has 2 nitrogen and oxygen atoms in total. The van der Waals surface area contributed by atoms with E-state index in [1.54, 1.807) is 0 Å². The molecule has 100 valence electrons. The molecule has 1 aromatic heterocycles. The highest BCUT2D eigenvalue weighted by Crippen LogP contribution is 2.27. The second-order valence-electron chi connectivity index (χ2n) is 4.31. The maximum absolute atomic E-state index is 12.2. The second-order valence-corrected chi connectivity index (χ2v) is 6.49. The topological polar surface area (TPSA) is 29.1 Å². The van der Waals surface area contributed by atoms with Gasteiger partial charge in [-0.15, -0.1) is 11.3 Å². The van der Waals surface area contributed by atoms with E-state index in [1.165, 1.54) is 11.3 Å². The van der Waals surface area contributed by atoms with Crippen molar-refractivity contribution in [2.75, 3.05) is 0 Å². The average molecular weight is 359 g/mol. The van der Waals surface area contributed by atoms with Crippen molar-refractivity contribution in [1.82, 2.24) is 5.32 Å². The molecule has 0 saturated carbocycles. The van der Waals surface area contributed by atoms with Gasteiger partial charge in [0.25, 0.3) is 5.91 Å². The molecule has 2 aromatic rings. The minimum Gasteiger partial charge on any atom is -0.345 e. The Morgan fingerprint density at radius 1 is 1.47 bits per heavy atom. The van der Waals surface area contributed by atoms with Crippen molar-refractivity contribution in [3.05, 3.63) is 55.1 Å². The van der Waals surface area contributed by atoms with Gasteiger partial charge >= 0.3 is 0 Å². The molecule has 1 aromatic carbocycles. The van der Waals surface area contributed by atoms with E-state index >= 15 is 0 Å². The molecule has 0 aliphatic rings. The molecule has 0 bridgehead atoms. The van der Waals surface area contributed by atoms with E-state index in [1.807, 2.05) is 43.5 Å². The molecule has 0 radical (unpaired) electrons. The van der Waals surface area contributed by atoms with Crippen LogP contribution in [0.5, 0.6) is 0 Å². The van der Waals surface area contributed by atoms with Crippen LogP contribution in [0.4, 0.5) is 0 Å². The molecule has 1 unspecified atom stereocenters. The van der Waals surface area contributed by atoms with Gasteiger partial charge in [0.1, 0.15) is 4.88 Å². The summed E-state index contributed by atoms with van der Waals surface area (Å²) < 4.78 is 0.996. The Bertz CT molecular complexity index is 611. The number of benzene rings is 1. The zero-order chi connectivity index (χ0) is 14.0. The number of hydrogen-bond donors (Lipinski definition) is 1. The summed E-state index contributed by atoms with van der Waals surface area (Å²) in [5.41, 5.74) is 1.99. The summed E-state index contributed by atoms with van der Waals surface area (Å²) in [4.78, 5) is 12.7. The number of amides is 1. The smallest absolute Gasteiger partial charge is 0.263 e. The van der Waals surface area contributed by atoms with Crippen LogP contribution in [0.1, 0.15) is 33.8 Å². The first-order chi connectivity index (χ1) is 8.99. The number of carbonyl (C=O) groups excluding carboxylic acids is 1. The number of hydrogen-bond acceptors (Lipinski definition) is 2. The predicted octanol–water partition coefficient (Wildman–Crippen LogP) is 4.96. The van der Waals surface area contributed by atoms with Crippen molar-refractivity contribution in [3.63, 3.8) is 0 Å². The molecule has 0 aliphatic heterocycles. The van der Waals surface area contributed by atoms with Gasteiger partial charge in [0.15, 0.2) is 0 Å². The zero-order valence-electron chi connectivity index (χ0n) is 10.5. The Morgan fingerprint density at radius 3 is 2.79 bits per heavy atom. The van der Waals surface area contributed by atoms with Gasteiger partial charge < -0.3 is 5.32 Å². The number of thiophene rings is 1. The molecule has 0 saturated heterocycles. The van der Waals surface area contributed by atoms with Crippen molar-refractivity contribution in [3.8, 4) is 0 Å². The Kier molecular flexibility index (Phi) is 4.66. The molecule has 1 N–H and O–H groups in total. The molecule has 19 heavy (non-hydrogen) atoms. The molecular weight excluding hydrogens is 346 g/mol. The molecule has 2 rings (SSSR count). The van der Waals surface area contributed by atoms with Crippen molar-refractivity contribution < 1.29 is 4.79 Å². The number of aryl methyl sites for hydroxylation is 1. The quantitative estimate of drug-likeness (QED) is 0.825. The van der Waals surface area contributed by atoms with Crippen LogP contribution in [0.15, 0.2) is 34.1 Å². The number of halogens is 2. The van der Waals surface area contributed by atoms with Gasteiger partial charge in [-0.05, 0) is 42.5 Å². The lowest BCUT2D eigenvalue weighted by Gasteiger charge is -2.14. The summed E-state index contributed by atoms with van der Waals surface area (Å²) in [5.74, 6) is -0.129. The summed E-state index contributed by atoms with van der Waals surface area (Å²) in [7, 11) is 0. The minimum atomic E-state index is -0.129. The van der Waals surface area contributed by atoms with Gasteiger partial charge in [0.2, 0.25) is 0 Å². The van der Waals surface area contributed by atoms with Crippen LogP contribution < -0.4 is 5.32 Å². The first-order valence-corrected chi connectivity index (χ1v) is 7.84. The summed E-state index contributed by atoms with van der Waals surface area (Å²) in [6.45, 7) is 3.85. The Morgan fingerprint density at radius 2 is 2.21 bits per heavy atom. The first-order valence-electron chi connectivity index (χ1n) is 5.79. The highest BCUT2D eigenvalue weighted by molar-refractivity contribution is 9.10. The molecule has 0 fully saturated rings. The molecule has 1 amide bonds. The van der Waals surface area contributed by atoms with E-state index in [0.29, 0.717) is 9.90 Å². The third kappa shape index (κ3) is 3.38.